The van der Waals surface area contributed by atoms with Crippen LogP contribution in [-0.2, 0) is 0 Å². The van der Waals surface area contributed by atoms with Gasteiger partial charge in [-0.3, -0.25) is 0 Å². The van der Waals surface area contributed by atoms with E-state index in [2.05, 4.69) is 25.6 Å². The summed E-state index contributed by atoms with van der Waals surface area (Å²) in [6, 6.07) is 2.46. The number of aromatic amines is 1. The van der Waals surface area contributed by atoms with Crippen molar-refractivity contribution in [1.29, 1.82) is 0 Å². The quantitative estimate of drug-likeness (QED) is 0.705. The van der Waals surface area contributed by atoms with Crippen LogP contribution in [0.3, 0.4) is 0 Å². The van der Waals surface area contributed by atoms with Crippen LogP contribution in [0, 0.1) is 0 Å². The summed E-state index contributed by atoms with van der Waals surface area (Å²) < 4.78 is 0. The van der Waals surface area contributed by atoms with Crippen molar-refractivity contribution in [1.82, 2.24) is 20.3 Å². The molecule has 2 aromatic heterocycles. The number of fused-ring (bicyclic) bond motifs is 1. The Labute approximate surface area is 93.7 Å². The molecule has 1 saturated heterocycles. The van der Waals surface area contributed by atoms with E-state index in [4.69, 9.17) is 0 Å². The summed E-state index contributed by atoms with van der Waals surface area (Å²) in [5, 5.41) is 6.78. The molecular formula is C11H15N5. The number of anilines is 1. The van der Waals surface area contributed by atoms with Gasteiger partial charge in [-0.05, 0) is 32.0 Å². The van der Waals surface area contributed by atoms with E-state index in [1.165, 1.54) is 0 Å². The number of hydrogen-bond acceptors (Lipinski definition) is 4. The maximum atomic E-state index is 4.50. The van der Waals surface area contributed by atoms with E-state index >= 15 is 0 Å². The lowest BCUT2D eigenvalue weighted by Crippen LogP contribution is -2.35. The monoisotopic (exact) mass is 217 g/mol. The first kappa shape index (κ1) is 9.59. The normalized spacial score (nSPS) is 17.8. The summed E-state index contributed by atoms with van der Waals surface area (Å²) in [6.07, 6.45) is 5.94. The van der Waals surface area contributed by atoms with E-state index in [0.717, 1.165) is 42.9 Å². The molecule has 2 aromatic rings. The maximum absolute atomic E-state index is 4.50. The van der Waals surface area contributed by atoms with Crippen molar-refractivity contribution in [3.05, 3.63) is 18.5 Å². The highest BCUT2D eigenvalue weighted by atomic mass is 15.1. The van der Waals surface area contributed by atoms with Gasteiger partial charge in [0, 0.05) is 12.2 Å². The molecule has 0 amide bonds. The third-order valence-electron chi connectivity index (χ3n) is 2.95. The van der Waals surface area contributed by atoms with Crippen LogP contribution in [0.5, 0.6) is 0 Å². The van der Waals surface area contributed by atoms with Gasteiger partial charge in [0.1, 0.15) is 11.3 Å². The molecule has 0 saturated carbocycles. The van der Waals surface area contributed by atoms with E-state index < -0.39 is 0 Å². The molecule has 0 aliphatic carbocycles. The van der Waals surface area contributed by atoms with E-state index in [0.29, 0.717) is 6.04 Å². The van der Waals surface area contributed by atoms with Crippen molar-refractivity contribution in [3.8, 4) is 0 Å². The van der Waals surface area contributed by atoms with Crippen molar-refractivity contribution < 1.29 is 0 Å². The molecule has 16 heavy (non-hydrogen) atoms. The fourth-order valence-electron chi connectivity index (χ4n) is 2.08. The standard InChI is InChI=1S/C11H15N5/c1-4-12-5-2-8(1)15-10-7-14-11-9(16-10)3-6-13-11/h3,6-8,12H,1-2,4-5H2,(H,13,14)(H,15,16). The number of aromatic nitrogens is 3. The Balaban J connectivity index is 1.77. The highest BCUT2D eigenvalue weighted by Gasteiger charge is 2.13. The second-order valence-corrected chi connectivity index (χ2v) is 4.14. The summed E-state index contributed by atoms with van der Waals surface area (Å²) in [7, 11) is 0. The predicted octanol–water partition coefficient (Wildman–Crippen LogP) is 1.12. The van der Waals surface area contributed by atoms with Crippen LogP contribution in [0.15, 0.2) is 18.5 Å². The maximum Gasteiger partial charge on any atom is 0.156 e. The van der Waals surface area contributed by atoms with Gasteiger partial charge >= 0.3 is 0 Å². The zero-order chi connectivity index (χ0) is 10.8. The van der Waals surface area contributed by atoms with E-state index in [9.17, 15) is 0 Å². The molecule has 1 aliphatic rings. The average Bonchev–Trinajstić information content (AvgIpc) is 2.77. The van der Waals surface area contributed by atoms with E-state index in [1.54, 1.807) is 6.20 Å². The van der Waals surface area contributed by atoms with Gasteiger partial charge in [0.05, 0.1) is 6.20 Å². The molecule has 0 atom stereocenters. The molecule has 5 nitrogen and oxygen atoms in total. The first-order valence-corrected chi connectivity index (χ1v) is 5.69. The molecule has 0 bridgehead atoms. The van der Waals surface area contributed by atoms with Crippen molar-refractivity contribution in [2.75, 3.05) is 18.4 Å². The number of piperidine rings is 1. The lowest BCUT2D eigenvalue weighted by atomic mass is 10.1. The Kier molecular flexibility index (Phi) is 2.46. The smallest absolute Gasteiger partial charge is 0.156 e. The molecule has 1 aliphatic heterocycles. The Morgan fingerprint density at radius 3 is 3.06 bits per heavy atom. The van der Waals surface area contributed by atoms with Crippen LogP contribution in [-0.4, -0.2) is 34.1 Å². The molecule has 0 unspecified atom stereocenters. The number of nitrogens with one attached hydrogen (secondary N) is 3. The van der Waals surface area contributed by atoms with Crippen LogP contribution in [0.25, 0.3) is 11.2 Å². The minimum absolute atomic E-state index is 0.520. The number of rotatable bonds is 2. The third-order valence-corrected chi connectivity index (χ3v) is 2.95. The Hall–Kier alpha value is -1.62. The molecule has 84 valence electrons. The highest BCUT2D eigenvalue weighted by molar-refractivity contribution is 5.71. The number of nitrogens with zero attached hydrogens (tertiary/aromatic N) is 2. The third kappa shape index (κ3) is 1.86. The van der Waals surface area contributed by atoms with Crippen molar-refractivity contribution in [3.63, 3.8) is 0 Å². The van der Waals surface area contributed by atoms with Crippen molar-refractivity contribution in [2.24, 2.45) is 0 Å². The fourth-order valence-corrected chi connectivity index (χ4v) is 2.08. The van der Waals surface area contributed by atoms with E-state index in [-0.39, 0.29) is 0 Å². The first-order valence-electron chi connectivity index (χ1n) is 5.69. The molecule has 0 aromatic carbocycles. The largest absolute Gasteiger partial charge is 0.366 e. The highest BCUT2D eigenvalue weighted by Crippen LogP contribution is 2.13. The number of hydrogen-bond donors (Lipinski definition) is 3. The predicted molar refractivity (Wildman–Crippen MR) is 63.4 cm³/mol. The zero-order valence-corrected chi connectivity index (χ0v) is 9.03. The van der Waals surface area contributed by atoms with Gasteiger partial charge in [-0.25, -0.2) is 9.97 Å². The van der Waals surface area contributed by atoms with Crippen LogP contribution >= 0.6 is 0 Å². The van der Waals surface area contributed by atoms with Crippen molar-refractivity contribution in [2.45, 2.75) is 18.9 Å². The van der Waals surface area contributed by atoms with Gasteiger partial charge in [0.15, 0.2) is 5.65 Å². The summed E-state index contributed by atoms with van der Waals surface area (Å²) in [4.78, 5) is 11.9. The van der Waals surface area contributed by atoms with Gasteiger partial charge in [-0.15, -0.1) is 0 Å². The lowest BCUT2D eigenvalue weighted by molar-refractivity contribution is 0.478. The fraction of sp³-hybridized carbons (Fsp3) is 0.455. The van der Waals surface area contributed by atoms with Crippen LogP contribution in [0.4, 0.5) is 5.82 Å². The molecule has 5 heteroatoms. The van der Waals surface area contributed by atoms with Gasteiger partial charge in [0.25, 0.3) is 0 Å². The average molecular weight is 217 g/mol. The summed E-state index contributed by atoms with van der Waals surface area (Å²) in [6.45, 7) is 2.16. The van der Waals surface area contributed by atoms with Gasteiger partial charge in [0.2, 0.25) is 0 Å². The second-order valence-electron chi connectivity index (χ2n) is 4.14. The Morgan fingerprint density at radius 2 is 2.19 bits per heavy atom. The van der Waals surface area contributed by atoms with E-state index in [1.807, 2.05) is 12.3 Å². The second kappa shape index (κ2) is 4.09. The molecule has 3 heterocycles. The van der Waals surface area contributed by atoms with Crippen LogP contribution in [0.2, 0.25) is 0 Å². The minimum Gasteiger partial charge on any atom is -0.366 e. The molecule has 3 N–H and O–H groups in total. The van der Waals surface area contributed by atoms with Crippen molar-refractivity contribution >= 4 is 17.0 Å². The van der Waals surface area contributed by atoms with Gasteiger partial charge in [-0.2, -0.15) is 0 Å². The summed E-state index contributed by atoms with van der Waals surface area (Å²) >= 11 is 0. The molecule has 1 fully saturated rings. The molecule has 3 rings (SSSR count). The zero-order valence-electron chi connectivity index (χ0n) is 9.03. The minimum atomic E-state index is 0.520. The Morgan fingerprint density at radius 1 is 1.31 bits per heavy atom. The van der Waals surface area contributed by atoms with Crippen LogP contribution in [0.1, 0.15) is 12.8 Å². The molecular weight excluding hydrogens is 202 g/mol. The Bertz CT molecular complexity index is 472. The topological polar surface area (TPSA) is 65.6 Å². The van der Waals surface area contributed by atoms with Gasteiger partial charge in [-0.1, -0.05) is 0 Å². The number of H-pyrrole nitrogens is 1. The van der Waals surface area contributed by atoms with Crippen LogP contribution < -0.4 is 10.6 Å². The summed E-state index contributed by atoms with van der Waals surface area (Å²) in [5.74, 6) is 0.874. The lowest BCUT2D eigenvalue weighted by Gasteiger charge is -2.23. The van der Waals surface area contributed by atoms with Gasteiger partial charge < -0.3 is 15.6 Å². The molecule has 0 spiro atoms. The first-order chi connectivity index (χ1) is 7.92. The summed E-state index contributed by atoms with van der Waals surface area (Å²) in [5.41, 5.74) is 1.76. The molecule has 0 radical (unpaired) electrons. The SMILES string of the molecule is c1cc2nc(NC3CCNCC3)cnc2[nH]1.